The van der Waals surface area contributed by atoms with Crippen LogP contribution in [0.3, 0.4) is 0 Å². The molecule has 2 aromatic carbocycles. The molecule has 0 unspecified atom stereocenters. The molecule has 0 fully saturated rings. The van der Waals surface area contributed by atoms with Crippen LogP contribution in [-0.4, -0.2) is 28.6 Å². The number of anilines is 2. The third kappa shape index (κ3) is 4.40. The summed E-state index contributed by atoms with van der Waals surface area (Å²) in [4.78, 5) is 39.4. The first-order valence-corrected chi connectivity index (χ1v) is 9.40. The largest absolute Gasteiger partial charge is 0.354 e. The number of H-pyrrole nitrogens is 1. The molecule has 6 nitrogen and oxygen atoms in total. The second-order valence-corrected chi connectivity index (χ2v) is 6.71. The van der Waals surface area contributed by atoms with Crippen molar-refractivity contribution in [2.24, 2.45) is 0 Å². The van der Waals surface area contributed by atoms with Crippen molar-refractivity contribution in [3.05, 3.63) is 46.6 Å². The van der Waals surface area contributed by atoms with Crippen molar-refractivity contribution in [3.8, 4) is 0 Å². The van der Waals surface area contributed by atoms with Gasteiger partial charge in [-0.2, -0.15) is 0 Å². The number of alkyl halides is 2. The number of carbonyl (C=O) groups excluding carboxylic acids is 2. The summed E-state index contributed by atoms with van der Waals surface area (Å²) >= 11 is 11.1. The molecule has 0 spiro atoms. The summed E-state index contributed by atoms with van der Waals surface area (Å²) in [6, 6.07) is 10.1. The fourth-order valence-corrected chi connectivity index (χ4v) is 3.09. The summed E-state index contributed by atoms with van der Waals surface area (Å²) in [5.74, 6) is 0.0719. The first-order valence-electron chi connectivity index (χ1n) is 8.33. The van der Waals surface area contributed by atoms with Gasteiger partial charge in [-0.15, -0.1) is 23.2 Å². The van der Waals surface area contributed by atoms with Gasteiger partial charge in [-0.1, -0.05) is 0 Å². The highest BCUT2D eigenvalue weighted by Crippen LogP contribution is 2.21. The van der Waals surface area contributed by atoms with Crippen LogP contribution in [0, 0.1) is 0 Å². The molecule has 0 radical (unpaired) electrons. The van der Waals surface area contributed by atoms with E-state index in [1.807, 2.05) is 0 Å². The highest BCUT2D eigenvalue weighted by molar-refractivity contribution is 6.19. The van der Waals surface area contributed by atoms with E-state index < -0.39 is 0 Å². The van der Waals surface area contributed by atoms with Gasteiger partial charge in [0.2, 0.25) is 11.8 Å². The zero-order valence-corrected chi connectivity index (χ0v) is 15.8. The van der Waals surface area contributed by atoms with Gasteiger partial charge in [0.15, 0.2) is 5.43 Å². The molecule has 27 heavy (non-hydrogen) atoms. The van der Waals surface area contributed by atoms with Gasteiger partial charge in [0.05, 0.1) is 5.52 Å². The minimum Gasteiger partial charge on any atom is -0.354 e. The Bertz CT molecular complexity index is 1080. The lowest BCUT2D eigenvalue weighted by molar-refractivity contribution is -0.116. The predicted molar refractivity (Wildman–Crippen MR) is 110 cm³/mol. The molecule has 0 saturated heterocycles. The summed E-state index contributed by atoms with van der Waals surface area (Å²) in [7, 11) is 0. The van der Waals surface area contributed by atoms with E-state index in [1.54, 1.807) is 36.4 Å². The number of carbonyl (C=O) groups is 2. The Morgan fingerprint density at radius 3 is 2.04 bits per heavy atom. The van der Waals surface area contributed by atoms with E-state index >= 15 is 0 Å². The number of pyridine rings is 1. The van der Waals surface area contributed by atoms with E-state index in [0.717, 1.165) is 0 Å². The maximum absolute atomic E-state index is 12.8. The van der Waals surface area contributed by atoms with Crippen molar-refractivity contribution < 1.29 is 9.59 Å². The Morgan fingerprint density at radius 2 is 1.41 bits per heavy atom. The molecule has 3 rings (SSSR count). The number of amides is 2. The first kappa shape index (κ1) is 19.2. The molecule has 140 valence electrons. The Labute approximate surface area is 164 Å². The molecule has 3 aromatic rings. The molecule has 0 saturated carbocycles. The monoisotopic (exact) mass is 405 g/mol. The molecular formula is C19H17Cl2N3O3. The van der Waals surface area contributed by atoms with Crippen molar-refractivity contribution in [3.63, 3.8) is 0 Å². The third-order valence-electron chi connectivity index (χ3n) is 4.01. The van der Waals surface area contributed by atoms with Crippen LogP contribution in [0.15, 0.2) is 41.2 Å². The van der Waals surface area contributed by atoms with E-state index in [1.165, 1.54) is 0 Å². The molecular weight excluding hydrogens is 389 g/mol. The van der Waals surface area contributed by atoms with Crippen LogP contribution in [0.4, 0.5) is 11.4 Å². The SMILES string of the molecule is O=C(CCCl)Nc1ccc2c(=O)c3cc(NC(=O)CCCl)ccc3[nH]c2c1. The highest BCUT2D eigenvalue weighted by atomic mass is 35.5. The molecule has 1 heterocycles. The first-order chi connectivity index (χ1) is 13.0. The van der Waals surface area contributed by atoms with Gasteiger partial charge in [0.25, 0.3) is 0 Å². The lowest BCUT2D eigenvalue weighted by atomic mass is 10.1. The average molecular weight is 406 g/mol. The summed E-state index contributed by atoms with van der Waals surface area (Å²) in [6.45, 7) is 0. The van der Waals surface area contributed by atoms with E-state index in [-0.39, 0.29) is 41.8 Å². The second-order valence-electron chi connectivity index (χ2n) is 5.95. The van der Waals surface area contributed by atoms with Crippen LogP contribution in [-0.2, 0) is 9.59 Å². The molecule has 0 aliphatic heterocycles. The number of hydrogen-bond donors (Lipinski definition) is 3. The van der Waals surface area contributed by atoms with E-state index in [2.05, 4.69) is 15.6 Å². The molecule has 2 amide bonds. The number of fused-ring (bicyclic) bond motifs is 2. The van der Waals surface area contributed by atoms with Crippen LogP contribution in [0.1, 0.15) is 12.8 Å². The molecule has 1 aromatic heterocycles. The minimum atomic E-state index is -0.209. The van der Waals surface area contributed by atoms with Crippen molar-refractivity contribution >= 4 is 68.2 Å². The van der Waals surface area contributed by atoms with Gasteiger partial charge in [0, 0.05) is 52.3 Å². The number of halogens is 2. The average Bonchev–Trinajstić information content (AvgIpc) is 2.62. The van der Waals surface area contributed by atoms with Crippen LogP contribution in [0.2, 0.25) is 0 Å². The zero-order valence-electron chi connectivity index (χ0n) is 14.3. The molecule has 3 N–H and O–H groups in total. The number of rotatable bonds is 6. The molecule has 8 heteroatoms. The molecule has 0 aliphatic carbocycles. The van der Waals surface area contributed by atoms with Gasteiger partial charge < -0.3 is 15.6 Å². The Balaban J connectivity index is 1.99. The number of aromatic amines is 1. The highest BCUT2D eigenvalue weighted by Gasteiger charge is 2.09. The number of benzene rings is 2. The lowest BCUT2D eigenvalue weighted by Gasteiger charge is -2.09. The van der Waals surface area contributed by atoms with Crippen LogP contribution >= 0.6 is 23.2 Å². The van der Waals surface area contributed by atoms with Crippen molar-refractivity contribution in [1.82, 2.24) is 4.98 Å². The van der Waals surface area contributed by atoms with Gasteiger partial charge in [-0.25, -0.2) is 0 Å². The van der Waals surface area contributed by atoms with E-state index in [0.29, 0.717) is 33.2 Å². The second kappa shape index (κ2) is 8.41. The maximum atomic E-state index is 12.8. The summed E-state index contributed by atoms with van der Waals surface area (Å²) in [6.07, 6.45) is 0.415. The third-order valence-corrected chi connectivity index (χ3v) is 4.39. The topological polar surface area (TPSA) is 91.1 Å². The Morgan fingerprint density at radius 1 is 0.815 bits per heavy atom. The Hall–Kier alpha value is -2.57. The van der Waals surface area contributed by atoms with Crippen LogP contribution in [0.5, 0.6) is 0 Å². The van der Waals surface area contributed by atoms with Crippen LogP contribution < -0.4 is 16.1 Å². The zero-order chi connectivity index (χ0) is 19.4. The van der Waals surface area contributed by atoms with E-state index in [4.69, 9.17) is 23.2 Å². The molecule has 0 atom stereocenters. The normalized spacial score (nSPS) is 10.9. The summed E-state index contributed by atoms with van der Waals surface area (Å²) in [5.41, 5.74) is 2.19. The summed E-state index contributed by atoms with van der Waals surface area (Å²) in [5, 5.41) is 6.41. The fourth-order valence-electron chi connectivity index (χ4n) is 2.75. The van der Waals surface area contributed by atoms with Crippen molar-refractivity contribution in [2.75, 3.05) is 22.4 Å². The predicted octanol–water partition coefficient (Wildman–Crippen LogP) is 3.82. The smallest absolute Gasteiger partial charge is 0.225 e. The van der Waals surface area contributed by atoms with Crippen LogP contribution in [0.25, 0.3) is 21.8 Å². The van der Waals surface area contributed by atoms with Gasteiger partial charge in [0.1, 0.15) is 0 Å². The van der Waals surface area contributed by atoms with Gasteiger partial charge >= 0.3 is 0 Å². The van der Waals surface area contributed by atoms with E-state index in [9.17, 15) is 14.4 Å². The number of hydrogen-bond acceptors (Lipinski definition) is 3. The van der Waals surface area contributed by atoms with Gasteiger partial charge in [-0.05, 0) is 36.4 Å². The minimum absolute atomic E-state index is 0.161. The number of aromatic nitrogens is 1. The van der Waals surface area contributed by atoms with Crippen molar-refractivity contribution in [2.45, 2.75) is 12.8 Å². The quantitative estimate of drug-likeness (QED) is 0.429. The lowest BCUT2D eigenvalue weighted by Crippen LogP contribution is -2.13. The van der Waals surface area contributed by atoms with Crippen molar-refractivity contribution in [1.29, 1.82) is 0 Å². The Kier molecular flexibility index (Phi) is 5.98. The molecule has 0 bridgehead atoms. The standard InChI is InChI=1S/C19H17Cl2N3O3/c20-7-5-17(25)22-11-2-4-15-14(9-11)19(27)13-3-1-12(10-16(13)24-15)23-18(26)6-8-21/h1-4,9-10H,5-8H2,(H,22,25)(H,23,26)(H,24,27). The maximum Gasteiger partial charge on any atom is 0.225 e. The number of nitrogens with one attached hydrogen (secondary N) is 3. The molecule has 0 aliphatic rings. The summed E-state index contributed by atoms with van der Waals surface area (Å²) < 4.78 is 0. The fraction of sp³-hybridized carbons (Fsp3) is 0.211. The van der Waals surface area contributed by atoms with Gasteiger partial charge in [-0.3, -0.25) is 14.4 Å².